The van der Waals surface area contributed by atoms with Crippen LogP contribution >= 0.6 is 22.9 Å². The van der Waals surface area contributed by atoms with Gasteiger partial charge in [0.2, 0.25) is 0 Å². The second kappa shape index (κ2) is 5.91. The lowest BCUT2D eigenvalue weighted by Gasteiger charge is -2.36. The van der Waals surface area contributed by atoms with Gasteiger partial charge in [-0.15, -0.1) is 0 Å². The maximum atomic E-state index is 9.39. The number of benzene rings is 2. The van der Waals surface area contributed by atoms with E-state index < -0.39 is 0 Å². The number of rotatable bonds is 2. The third-order valence-electron chi connectivity index (χ3n) is 4.10. The van der Waals surface area contributed by atoms with Crippen LogP contribution in [0.3, 0.4) is 0 Å². The van der Waals surface area contributed by atoms with Gasteiger partial charge in [-0.2, -0.15) is 0 Å². The number of piperazine rings is 1. The zero-order valence-electron chi connectivity index (χ0n) is 12.4. The first-order valence-corrected chi connectivity index (χ1v) is 8.73. The van der Waals surface area contributed by atoms with E-state index in [1.807, 2.05) is 30.3 Å². The molecule has 4 rings (SSSR count). The Kier molecular flexibility index (Phi) is 3.75. The average Bonchev–Trinajstić information content (AvgIpc) is 2.99. The molecule has 2 aromatic carbocycles. The Hall–Kier alpha value is -1.98. The fourth-order valence-electron chi connectivity index (χ4n) is 2.84. The summed E-state index contributed by atoms with van der Waals surface area (Å²) >= 11 is 7.75. The third-order valence-corrected chi connectivity index (χ3v) is 5.42. The molecular formula is C17H16ClN3OS. The second-order valence-electron chi connectivity index (χ2n) is 5.60. The molecule has 1 aliphatic rings. The number of halogens is 1. The molecule has 0 radical (unpaired) electrons. The molecule has 3 aromatic rings. The minimum absolute atomic E-state index is 0.306. The highest BCUT2D eigenvalue weighted by Crippen LogP contribution is 2.31. The molecule has 0 bridgehead atoms. The number of nitrogens with zero attached hydrogens (tertiary/aromatic N) is 3. The zero-order valence-corrected chi connectivity index (χ0v) is 14.0. The molecule has 0 aliphatic carbocycles. The molecule has 1 aromatic heterocycles. The molecule has 23 heavy (non-hydrogen) atoms. The number of aromatic hydroxyl groups is 1. The summed E-state index contributed by atoms with van der Waals surface area (Å²) in [5, 5.41) is 11.2. The van der Waals surface area contributed by atoms with E-state index in [0.29, 0.717) is 5.75 Å². The van der Waals surface area contributed by atoms with E-state index in [0.717, 1.165) is 52.2 Å². The topological polar surface area (TPSA) is 39.6 Å². The molecule has 4 nitrogen and oxygen atoms in total. The van der Waals surface area contributed by atoms with E-state index in [1.54, 1.807) is 23.5 Å². The third kappa shape index (κ3) is 2.94. The summed E-state index contributed by atoms with van der Waals surface area (Å²) in [5.74, 6) is 0.306. The Balaban J connectivity index is 1.48. The van der Waals surface area contributed by atoms with Crippen LogP contribution in [-0.2, 0) is 0 Å². The van der Waals surface area contributed by atoms with E-state index >= 15 is 0 Å². The van der Waals surface area contributed by atoms with Crippen LogP contribution in [0, 0.1) is 0 Å². The van der Waals surface area contributed by atoms with Gasteiger partial charge in [-0.1, -0.05) is 22.9 Å². The summed E-state index contributed by atoms with van der Waals surface area (Å²) in [6.07, 6.45) is 0. The molecule has 1 aliphatic heterocycles. The Morgan fingerprint density at radius 1 is 0.957 bits per heavy atom. The number of hydrogen-bond donors (Lipinski definition) is 1. The molecular weight excluding hydrogens is 330 g/mol. The van der Waals surface area contributed by atoms with Crippen molar-refractivity contribution in [2.24, 2.45) is 0 Å². The maximum absolute atomic E-state index is 9.39. The average molecular weight is 346 g/mol. The number of anilines is 2. The van der Waals surface area contributed by atoms with E-state index in [-0.39, 0.29) is 0 Å². The van der Waals surface area contributed by atoms with Gasteiger partial charge in [0.1, 0.15) is 5.75 Å². The minimum atomic E-state index is 0.306. The summed E-state index contributed by atoms with van der Waals surface area (Å²) in [6, 6.07) is 13.2. The largest absolute Gasteiger partial charge is 0.508 e. The van der Waals surface area contributed by atoms with Gasteiger partial charge in [-0.05, 0) is 42.5 Å². The van der Waals surface area contributed by atoms with Crippen LogP contribution in [0.15, 0.2) is 42.5 Å². The summed E-state index contributed by atoms with van der Waals surface area (Å²) in [4.78, 5) is 9.38. The van der Waals surface area contributed by atoms with Gasteiger partial charge in [0, 0.05) is 36.9 Å². The number of phenols is 1. The van der Waals surface area contributed by atoms with Crippen LogP contribution in [0.25, 0.3) is 10.2 Å². The van der Waals surface area contributed by atoms with E-state index in [2.05, 4.69) is 9.80 Å². The number of hydrogen-bond acceptors (Lipinski definition) is 5. The highest BCUT2D eigenvalue weighted by molar-refractivity contribution is 7.22. The van der Waals surface area contributed by atoms with Crippen molar-refractivity contribution >= 4 is 44.0 Å². The van der Waals surface area contributed by atoms with Gasteiger partial charge < -0.3 is 14.9 Å². The van der Waals surface area contributed by atoms with Crippen LogP contribution in [0.2, 0.25) is 5.02 Å². The standard InChI is InChI=1S/C17H16ClN3OS/c18-12-1-6-15-16(11-12)23-17(19-15)21-9-7-20(8-10-21)13-2-4-14(22)5-3-13/h1-6,11,22H,7-10H2. The molecule has 0 unspecified atom stereocenters. The van der Waals surface area contributed by atoms with Crippen LogP contribution in [0.4, 0.5) is 10.8 Å². The van der Waals surface area contributed by atoms with E-state index in [4.69, 9.17) is 16.6 Å². The van der Waals surface area contributed by atoms with Gasteiger partial charge in [0.25, 0.3) is 0 Å². The van der Waals surface area contributed by atoms with Gasteiger partial charge in [0.15, 0.2) is 5.13 Å². The predicted molar refractivity (Wildman–Crippen MR) is 97.2 cm³/mol. The molecule has 0 saturated carbocycles. The van der Waals surface area contributed by atoms with Crippen molar-refractivity contribution in [2.45, 2.75) is 0 Å². The number of phenolic OH excluding ortho intramolecular Hbond substituents is 1. The van der Waals surface area contributed by atoms with Crippen molar-refractivity contribution in [3.63, 3.8) is 0 Å². The smallest absolute Gasteiger partial charge is 0.186 e. The first kappa shape index (κ1) is 14.6. The highest BCUT2D eigenvalue weighted by Gasteiger charge is 2.20. The molecule has 1 fully saturated rings. The normalized spacial score (nSPS) is 15.3. The summed E-state index contributed by atoms with van der Waals surface area (Å²) in [5.41, 5.74) is 2.16. The van der Waals surface area contributed by atoms with Crippen molar-refractivity contribution in [2.75, 3.05) is 36.0 Å². The van der Waals surface area contributed by atoms with Crippen LogP contribution in [0.5, 0.6) is 5.75 Å². The Morgan fingerprint density at radius 3 is 2.39 bits per heavy atom. The summed E-state index contributed by atoms with van der Waals surface area (Å²) in [6.45, 7) is 3.77. The first-order valence-electron chi connectivity index (χ1n) is 7.54. The molecule has 6 heteroatoms. The van der Waals surface area contributed by atoms with Gasteiger partial charge in [-0.25, -0.2) is 4.98 Å². The Bertz CT molecular complexity index is 825. The number of fused-ring (bicyclic) bond motifs is 1. The number of thiazole rings is 1. The lowest BCUT2D eigenvalue weighted by molar-refractivity contribution is 0.475. The quantitative estimate of drug-likeness (QED) is 0.762. The molecule has 0 atom stereocenters. The van der Waals surface area contributed by atoms with E-state index in [1.165, 1.54) is 0 Å². The fourth-order valence-corrected chi connectivity index (χ4v) is 4.13. The van der Waals surface area contributed by atoms with Crippen molar-refractivity contribution in [3.8, 4) is 5.75 Å². The SMILES string of the molecule is Oc1ccc(N2CCN(c3nc4ccc(Cl)cc4s3)CC2)cc1. The fraction of sp³-hybridized carbons (Fsp3) is 0.235. The molecule has 118 valence electrons. The number of aromatic nitrogens is 1. The molecule has 1 N–H and O–H groups in total. The van der Waals surface area contributed by atoms with Gasteiger partial charge in [-0.3, -0.25) is 0 Å². The molecule has 0 amide bonds. The minimum Gasteiger partial charge on any atom is -0.508 e. The van der Waals surface area contributed by atoms with Crippen molar-refractivity contribution in [1.29, 1.82) is 0 Å². The van der Waals surface area contributed by atoms with E-state index in [9.17, 15) is 5.11 Å². The Labute approximate surface area is 143 Å². The van der Waals surface area contributed by atoms with Gasteiger partial charge >= 0.3 is 0 Å². The van der Waals surface area contributed by atoms with Crippen LogP contribution < -0.4 is 9.80 Å². The summed E-state index contributed by atoms with van der Waals surface area (Å²) < 4.78 is 1.13. The monoisotopic (exact) mass is 345 g/mol. The van der Waals surface area contributed by atoms with Gasteiger partial charge in [0.05, 0.1) is 10.2 Å². The zero-order chi connectivity index (χ0) is 15.8. The molecule has 1 saturated heterocycles. The first-order chi connectivity index (χ1) is 11.2. The van der Waals surface area contributed by atoms with Crippen LogP contribution in [0.1, 0.15) is 0 Å². The molecule has 0 spiro atoms. The van der Waals surface area contributed by atoms with Crippen molar-refractivity contribution in [1.82, 2.24) is 4.98 Å². The van der Waals surface area contributed by atoms with Crippen molar-refractivity contribution in [3.05, 3.63) is 47.5 Å². The lowest BCUT2D eigenvalue weighted by atomic mass is 10.2. The predicted octanol–water partition coefficient (Wildman–Crippen LogP) is 3.98. The maximum Gasteiger partial charge on any atom is 0.186 e. The Morgan fingerprint density at radius 2 is 1.65 bits per heavy atom. The second-order valence-corrected chi connectivity index (χ2v) is 7.04. The summed E-state index contributed by atoms with van der Waals surface area (Å²) in [7, 11) is 0. The molecule has 2 heterocycles. The highest BCUT2D eigenvalue weighted by atomic mass is 35.5. The van der Waals surface area contributed by atoms with Crippen molar-refractivity contribution < 1.29 is 5.11 Å². The lowest BCUT2D eigenvalue weighted by Crippen LogP contribution is -2.46. The van der Waals surface area contributed by atoms with Crippen LogP contribution in [-0.4, -0.2) is 36.3 Å².